The van der Waals surface area contributed by atoms with E-state index in [0.717, 1.165) is 64.2 Å². The van der Waals surface area contributed by atoms with Crippen LogP contribution in [-0.2, 0) is 28.6 Å². The molecule has 0 aliphatic carbocycles. The Hall–Kier alpha value is -2.11. The molecule has 346 valence electrons. The summed E-state index contributed by atoms with van der Waals surface area (Å²) in [5.41, 5.74) is 0. The van der Waals surface area contributed by atoms with Gasteiger partial charge in [-0.15, -0.1) is 0 Å². The van der Waals surface area contributed by atoms with Gasteiger partial charge in [0.05, 0.1) is 0 Å². The summed E-state index contributed by atoms with van der Waals surface area (Å²) in [6.07, 6.45) is 54.4. The summed E-state index contributed by atoms with van der Waals surface area (Å²) in [6, 6.07) is 0. The molecule has 0 rings (SSSR count). The first-order valence-electron chi connectivity index (χ1n) is 25.8. The van der Waals surface area contributed by atoms with Crippen LogP contribution in [0.3, 0.4) is 0 Å². The maximum absolute atomic E-state index is 12.8. The molecule has 0 radical (unpaired) electrons. The van der Waals surface area contributed by atoms with Crippen LogP contribution in [-0.4, -0.2) is 37.2 Å². The van der Waals surface area contributed by atoms with Crippen molar-refractivity contribution in [2.24, 2.45) is 0 Å². The highest BCUT2D eigenvalue weighted by Crippen LogP contribution is 2.15. The summed E-state index contributed by atoms with van der Waals surface area (Å²) < 4.78 is 16.8. The zero-order chi connectivity index (χ0) is 43.0. The molecule has 0 N–H and O–H groups in total. The summed E-state index contributed by atoms with van der Waals surface area (Å²) in [5.74, 6) is -0.875. The van der Waals surface area contributed by atoms with Gasteiger partial charge in [0.15, 0.2) is 6.10 Å². The van der Waals surface area contributed by atoms with E-state index in [4.69, 9.17) is 14.2 Å². The van der Waals surface area contributed by atoms with Crippen LogP contribution in [0.25, 0.3) is 0 Å². The van der Waals surface area contributed by atoms with E-state index in [1.165, 1.54) is 173 Å². The van der Waals surface area contributed by atoms with Gasteiger partial charge >= 0.3 is 17.9 Å². The summed E-state index contributed by atoms with van der Waals surface area (Å²) in [5, 5.41) is 0. The molecule has 6 heteroatoms. The van der Waals surface area contributed by atoms with Crippen molar-refractivity contribution >= 4 is 17.9 Å². The van der Waals surface area contributed by atoms with Crippen LogP contribution in [0.4, 0.5) is 0 Å². The highest BCUT2D eigenvalue weighted by Gasteiger charge is 2.19. The van der Waals surface area contributed by atoms with E-state index in [9.17, 15) is 14.4 Å². The van der Waals surface area contributed by atoms with Gasteiger partial charge in [0.25, 0.3) is 0 Å². The molecule has 0 spiro atoms. The van der Waals surface area contributed by atoms with Crippen molar-refractivity contribution in [3.05, 3.63) is 24.3 Å². The van der Waals surface area contributed by atoms with Gasteiger partial charge in [0.1, 0.15) is 13.2 Å². The summed E-state index contributed by atoms with van der Waals surface area (Å²) >= 11 is 0. The molecule has 0 aliphatic rings. The van der Waals surface area contributed by atoms with Crippen LogP contribution in [0, 0.1) is 0 Å². The molecular formula is C53H98O6. The molecule has 0 saturated carbocycles. The lowest BCUT2D eigenvalue weighted by molar-refractivity contribution is -0.167. The average Bonchev–Trinajstić information content (AvgIpc) is 3.23. The van der Waals surface area contributed by atoms with Crippen molar-refractivity contribution in [3.63, 3.8) is 0 Å². The number of esters is 3. The highest BCUT2D eigenvalue weighted by molar-refractivity contribution is 5.71. The third-order valence-corrected chi connectivity index (χ3v) is 11.4. The highest BCUT2D eigenvalue weighted by atomic mass is 16.6. The molecule has 0 bridgehead atoms. The molecule has 0 saturated heterocycles. The Balaban J connectivity index is 4.32. The monoisotopic (exact) mass is 831 g/mol. The number of ether oxygens (including phenoxy) is 3. The van der Waals surface area contributed by atoms with Gasteiger partial charge < -0.3 is 14.2 Å². The Labute approximate surface area is 366 Å². The third kappa shape index (κ3) is 46.8. The van der Waals surface area contributed by atoms with Gasteiger partial charge in [0, 0.05) is 19.3 Å². The van der Waals surface area contributed by atoms with Gasteiger partial charge in [-0.05, 0) is 70.6 Å². The van der Waals surface area contributed by atoms with E-state index in [1.54, 1.807) is 0 Å². The Morgan fingerprint density at radius 3 is 0.881 bits per heavy atom. The molecule has 0 heterocycles. The normalized spacial score (nSPS) is 12.1. The van der Waals surface area contributed by atoms with Crippen molar-refractivity contribution in [2.75, 3.05) is 13.2 Å². The molecule has 59 heavy (non-hydrogen) atoms. The second-order valence-electron chi connectivity index (χ2n) is 17.4. The predicted molar refractivity (Wildman–Crippen MR) is 252 cm³/mol. The van der Waals surface area contributed by atoms with Crippen molar-refractivity contribution in [1.82, 2.24) is 0 Å². The molecule has 1 atom stereocenters. The second kappa shape index (κ2) is 48.6. The largest absolute Gasteiger partial charge is 0.462 e. The Kier molecular flexibility index (Phi) is 46.8. The summed E-state index contributed by atoms with van der Waals surface area (Å²) in [4.78, 5) is 37.9. The fourth-order valence-electron chi connectivity index (χ4n) is 7.49. The van der Waals surface area contributed by atoms with E-state index >= 15 is 0 Å². The number of carbonyl (C=O) groups is 3. The smallest absolute Gasteiger partial charge is 0.306 e. The molecule has 6 nitrogen and oxygen atoms in total. The zero-order valence-electron chi connectivity index (χ0n) is 39.5. The molecule has 0 aliphatic heterocycles. The molecule has 0 amide bonds. The number of carbonyl (C=O) groups excluding carboxylic acids is 3. The standard InChI is InChI=1S/C53H98O6/c1-4-7-10-13-16-19-22-25-26-27-28-29-32-34-37-40-43-46-52(55)58-49-50(59-53(56)47-44-41-38-35-31-24-21-18-15-12-9-6-3)48-57-51(54)45-42-39-36-33-30-23-20-17-14-11-8-5-2/h18,21,25-26,50H,4-17,19-20,22-24,27-49H2,1-3H3/b21-18-,26-25-/t50-/m1/s1. The SMILES string of the molecule is CCCCC/C=C\CCCCCCCC(=O)O[C@@H](COC(=O)CCCCCCCCC/C=C\CCCCCCCC)COC(=O)CCCCCCCCCCCCCC. The first kappa shape index (κ1) is 56.9. The maximum Gasteiger partial charge on any atom is 0.306 e. The first-order chi connectivity index (χ1) is 29.0. The summed E-state index contributed by atoms with van der Waals surface area (Å²) in [7, 11) is 0. The number of unbranched alkanes of at least 4 members (excludes halogenated alkanes) is 32. The van der Waals surface area contributed by atoms with E-state index in [0.29, 0.717) is 19.3 Å². The third-order valence-electron chi connectivity index (χ3n) is 11.4. The topological polar surface area (TPSA) is 78.9 Å². The molecule has 0 aromatic heterocycles. The van der Waals surface area contributed by atoms with Gasteiger partial charge in [0.2, 0.25) is 0 Å². The number of rotatable bonds is 47. The minimum Gasteiger partial charge on any atom is -0.462 e. The second-order valence-corrected chi connectivity index (χ2v) is 17.4. The summed E-state index contributed by atoms with van der Waals surface area (Å²) in [6.45, 7) is 6.62. The fourth-order valence-corrected chi connectivity index (χ4v) is 7.49. The van der Waals surface area contributed by atoms with Gasteiger partial charge in [-0.1, -0.05) is 212 Å². The lowest BCUT2D eigenvalue weighted by Gasteiger charge is -2.18. The lowest BCUT2D eigenvalue weighted by atomic mass is 10.0. The van der Waals surface area contributed by atoms with Crippen LogP contribution < -0.4 is 0 Å². The van der Waals surface area contributed by atoms with Crippen molar-refractivity contribution < 1.29 is 28.6 Å². The van der Waals surface area contributed by atoms with Crippen molar-refractivity contribution in [2.45, 2.75) is 284 Å². The zero-order valence-corrected chi connectivity index (χ0v) is 39.5. The van der Waals surface area contributed by atoms with Gasteiger partial charge in [-0.3, -0.25) is 14.4 Å². The molecular weight excluding hydrogens is 733 g/mol. The quantitative estimate of drug-likeness (QED) is 0.0263. The first-order valence-corrected chi connectivity index (χ1v) is 25.8. The molecule has 0 fully saturated rings. The van der Waals surface area contributed by atoms with E-state index < -0.39 is 6.10 Å². The Bertz CT molecular complexity index is 958. The van der Waals surface area contributed by atoms with Gasteiger partial charge in [-0.2, -0.15) is 0 Å². The minimum atomic E-state index is -0.771. The number of hydrogen-bond donors (Lipinski definition) is 0. The number of hydrogen-bond acceptors (Lipinski definition) is 6. The van der Waals surface area contributed by atoms with Crippen LogP contribution in [0.5, 0.6) is 0 Å². The predicted octanol–water partition coefficient (Wildman–Crippen LogP) is 16.8. The van der Waals surface area contributed by atoms with Crippen LogP contribution in [0.15, 0.2) is 24.3 Å². The van der Waals surface area contributed by atoms with E-state index in [-0.39, 0.29) is 31.1 Å². The van der Waals surface area contributed by atoms with Crippen molar-refractivity contribution in [1.29, 1.82) is 0 Å². The Morgan fingerprint density at radius 1 is 0.322 bits per heavy atom. The molecule has 0 aromatic carbocycles. The number of allylic oxidation sites excluding steroid dienone is 4. The van der Waals surface area contributed by atoms with E-state index in [1.807, 2.05) is 0 Å². The fraction of sp³-hybridized carbons (Fsp3) is 0.868. The van der Waals surface area contributed by atoms with Crippen molar-refractivity contribution in [3.8, 4) is 0 Å². The molecule has 0 unspecified atom stereocenters. The van der Waals surface area contributed by atoms with Crippen LogP contribution in [0.1, 0.15) is 278 Å². The minimum absolute atomic E-state index is 0.0724. The van der Waals surface area contributed by atoms with Crippen LogP contribution >= 0.6 is 0 Å². The lowest BCUT2D eigenvalue weighted by Crippen LogP contribution is -2.30. The van der Waals surface area contributed by atoms with Crippen LogP contribution in [0.2, 0.25) is 0 Å². The van der Waals surface area contributed by atoms with Gasteiger partial charge in [-0.25, -0.2) is 0 Å². The maximum atomic E-state index is 12.8. The molecule has 0 aromatic rings. The average molecular weight is 831 g/mol. The van der Waals surface area contributed by atoms with E-state index in [2.05, 4.69) is 45.1 Å². The Morgan fingerprint density at radius 2 is 0.559 bits per heavy atom.